The highest BCUT2D eigenvalue weighted by atomic mass is 15.3. The number of hydrogen-bond donors (Lipinski definition) is 1. The van der Waals surface area contributed by atoms with Gasteiger partial charge in [0, 0.05) is 25.0 Å². The fourth-order valence-electron chi connectivity index (χ4n) is 1.74. The molecule has 96 valence electrons. The zero-order chi connectivity index (χ0) is 13.1. The first kappa shape index (κ1) is 12.4. The second kappa shape index (κ2) is 5.08. The van der Waals surface area contributed by atoms with Crippen molar-refractivity contribution in [2.45, 2.75) is 33.4 Å². The average molecular weight is 245 g/mol. The summed E-state index contributed by atoms with van der Waals surface area (Å²) < 4.78 is 3.94. The molecule has 5 nitrogen and oxygen atoms in total. The van der Waals surface area contributed by atoms with E-state index in [0.29, 0.717) is 6.04 Å². The molecule has 1 N–H and O–H groups in total. The predicted molar refractivity (Wildman–Crippen MR) is 73.1 cm³/mol. The minimum Gasteiger partial charge on any atom is -0.323 e. The van der Waals surface area contributed by atoms with E-state index in [0.717, 1.165) is 23.9 Å². The van der Waals surface area contributed by atoms with Gasteiger partial charge >= 0.3 is 0 Å². The summed E-state index contributed by atoms with van der Waals surface area (Å²) in [5.41, 5.74) is 1.93. The van der Waals surface area contributed by atoms with Crippen molar-refractivity contribution in [1.29, 1.82) is 0 Å². The van der Waals surface area contributed by atoms with Crippen LogP contribution in [0.1, 0.15) is 25.6 Å². The van der Waals surface area contributed by atoms with Crippen LogP contribution in [0.5, 0.6) is 0 Å². The number of hydrogen-bond acceptors (Lipinski definition) is 3. The van der Waals surface area contributed by atoms with Crippen LogP contribution < -0.4 is 5.32 Å². The molecule has 0 amide bonds. The van der Waals surface area contributed by atoms with E-state index in [9.17, 15) is 0 Å². The van der Waals surface area contributed by atoms with Crippen molar-refractivity contribution in [3.05, 3.63) is 36.9 Å². The fraction of sp³-hybridized carbons (Fsp3) is 0.385. The Balaban J connectivity index is 2.19. The highest BCUT2D eigenvalue weighted by Gasteiger charge is 2.07. The molecule has 2 heterocycles. The third kappa shape index (κ3) is 2.61. The zero-order valence-electron chi connectivity index (χ0n) is 11.1. The van der Waals surface area contributed by atoms with Gasteiger partial charge in [0.2, 0.25) is 5.95 Å². The molecule has 0 aliphatic rings. The summed E-state index contributed by atoms with van der Waals surface area (Å²) in [4.78, 5) is 4.45. The fourth-order valence-corrected chi connectivity index (χ4v) is 1.74. The van der Waals surface area contributed by atoms with E-state index >= 15 is 0 Å². The maximum Gasteiger partial charge on any atom is 0.207 e. The number of allylic oxidation sites excluding steroid dienone is 1. The predicted octanol–water partition coefficient (Wildman–Crippen LogP) is 2.90. The largest absolute Gasteiger partial charge is 0.323 e. The van der Waals surface area contributed by atoms with Gasteiger partial charge in [0.25, 0.3) is 0 Å². The molecule has 18 heavy (non-hydrogen) atoms. The average Bonchev–Trinajstić information content (AvgIpc) is 2.88. The monoisotopic (exact) mass is 245 g/mol. The number of imidazole rings is 1. The number of anilines is 2. The lowest BCUT2D eigenvalue weighted by atomic mass is 10.4. The van der Waals surface area contributed by atoms with Gasteiger partial charge < -0.3 is 9.88 Å². The highest BCUT2D eigenvalue weighted by Crippen LogP contribution is 2.17. The lowest BCUT2D eigenvalue weighted by molar-refractivity contribution is 0.532. The Hall–Kier alpha value is -2.04. The molecule has 0 radical (unpaired) electrons. The van der Waals surface area contributed by atoms with Crippen LogP contribution in [0.15, 0.2) is 31.2 Å². The van der Waals surface area contributed by atoms with Crippen LogP contribution in [-0.2, 0) is 6.54 Å². The van der Waals surface area contributed by atoms with Gasteiger partial charge in [0.15, 0.2) is 0 Å². The van der Waals surface area contributed by atoms with Crippen molar-refractivity contribution in [2.24, 2.45) is 0 Å². The topological polar surface area (TPSA) is 47.7 Å². The van der Waals surface area contributed by atoms with Crippen LogP contribution in [0.25, 0.3) is 0 Å². The van der Waals surface area contributed by atoms with Crippen molar-refractivity contribution in [1.82, 2.24) is 19.3 Å². The molecule has 0 atom stereocenters. The lowest BCUT2D eigenvalue weighted by Gasteiger charge is -2.06. The molecule has 0 unspecified atom stereocenters. The first-order chi connectivity index (χ1) is 8.60. The Morgan fingerprint density at radius 2 is 2.22 bits per heavy atom. The second-order valence-corrected chi connectivity index (χ2v) is 4.57. The van der Waals surface area contributed by atoms with Gasteiger partial charge in [-0.2, -0.15) is 5.10 Å². The number of nitrogens with one attached hydrogen (secondary N) is 1. The van der Waals surface area contributed by atoms with E-state index < -0.39 is 0 Å². The Kier molecular flexibility index (Phi) is 3.50. The quantitative estimate of drug-likeness (QED) is 0.824. The molecule has 0 fully saturated rings. The van der Waals surface area contributed by atoms with Gasteiger partial charge in [0.1, 0.15) is 0 Å². The smallest absolute Gasteiger partial charge is 0.207 e. The van der Waals surface area contributed by atoms with Gasteiger partial charge in [-0.05, 0) is 20.8 Å². The number of aryl methyl sites for hydroxylation is 1. The lowest BCUT2D eigenvalue weighted by Crippen LogP contribution is -2.02. The Labute approximate surface area is 107 Å². The molecule has 2 aromatic heterocycles. The Bertz CT molecular complexity index is 535. The van der Waals surface area contributed by atoms with Crippen LogP contribution in [0.4, 0.5) is 11.6 Å². The van der Waals surface area contributed by atoms with Gasteiger partial charge in [-0.25, -0.2) is 4.98 Å². The van der Waals surface area contributed by atoms with Crippen molar-refractivity contribution in [2.75, 3.05) is 5.32 Å². The molecule has 2 rings (SSSR count). The highest BCUT2D eigenvalue weighted by molar-refractivity contribution is 5.51. The summed E-state index contributed by atoms with van der Waals surface area (Å²) in [7, 11) is 0. The van der Waals surface area contributed by atoms with Crippen molar-refractivity contribution in [3.8, 4) is 0 Å². The second-order valence-electron chi connectivity index (χ2n) is 4.57. The third-order valence-corrected chi connectivity index (χ3v) is 2.61. The van der Waals surface area contributed by atoms with E-state index in [1.165, 1.54) is 0 Å². The summed E-state index contributed by atoms with van der Waals surface area (Å²) in [6.45, 7) is 10.7. The minimum absolute atomic E-state index is 0.357. The van der Waals surface area contributed by atoms with Gasteiger partial charge in [-0.1, -0.05) is 6.08 Å². The zero-order valence-corrected chi connectivity index (χ0v) is 11.1. The standard InChI is InChI=1S/C13H19N5/c1-5-6-17-8-11(4)15-13(17)16-12-7-14-18(9-12)10(2)3/h5,7-10H,1,6H2,2-4H3,(H,15,16). The molecule has 5 heteroatoms. The molecule has 0 aromatic carbocycles. The van der Waals surface area contributed by atoms with Crippen LogP contribution in [0.3, 0.4) is 0 Å². The third-order valence-electron chi connectivity index (χ3n) is 2.61. The van der Waals surface area contributed by atoms with E-state index in [1.807, 2.05) is 40.8 Å². The SMILES string of the molecule is C=CCn1cc(C)nc1Nc1cnn(C(C)C)c1. The van der Waals surface area contributed by atoms with Crippen molar-refractivity contribution >= 4 is 11.6 Å². The van der Waals surface area contributed by atoms with Crippen LogP contribution in [0.2, 0.25) is 0 Å². The van der Waals surface area contributed by atoms with Crippen LogP contribution in [-0.4, -0.2) is 19.3 Å². The Morgan fingerprint density at radius 3 is 2.83 bits per heavy atom. The maximum atomic E-state index is 4.45. The molecule has 0 spiro atoms. The molecule has 2 aromatic rings. The summed E-state index contributed by atoms with van der Waals surface area (Å²) >= 11 is 0. The molecule has 0 saturated carbocycles. The summed E-state index contributed by atoms with van der Waals surface area (Å²) in [5, 5.41) is 7.57. The van der Waals surface area contributed by atoms with Crippen molar-refractivity contribution in [3.63, 3.8) is 0 Å². The summed E-state index contributed by atoms with van der Waals surface area (Å²) in [6, 6.07) is 0.357. The van der Waals surface area contributed by atoms with Crippen LogP contribution >= 0.6 is 0 Å². The molecule has 0 aliphatic heterocycles. The number of nitrogens with zero attached hydrogens (tertiary/aromatic N) is 4. The van der Waals surface area contributed by atoms with E-state index in [2.05, 4.69) is 35.8 Å². The van der Waals surface area contributed by atoms with Gasteiger partial charge in [-0.15, -0.1) is 6.58 Å². The molecular formula is C13H19N5. The first-order valence-electron chi connectivity index (χ1n) is 6.06. The number of rotatable bonds is 5. The molecule has 0 aliphatic carbocycles. The van der Waals surface area contributed by atoms with Gasteiger partial charge in [0.05, 0.1) is 17.6 Å². The van der Waals surface area contributed by atoms with Crippen LogP contribution in [0, 0.1) is 6.92 Å². The van der Waals surface area contributed by atoms with E-state index in [4.69, 9.17) is 0 Å². The summed E-state index contributed by atoms with van der Waals surface area (Å²) in [6.07, 6.45) is 7.63. The first-order valence-corrected chi connectivity index (χ1v) is 6.06. The molecular weight excluding hydrogens is 226 g/mol. The minimum atomic E-state index is 0.357. The normalized spacial score (nSPS) is 10.9. The number of aromatic nitrogens is 4. The molecule has 0 bridgehead atoms. The summed E-state index contributed by atoms with van der Waals surface area (Å²) in [5.74, 6) is 0.815. The van der Waals surface area contributed by atoms with E-state index in [1.54, 1.807) is 0 Å². The van der Waals surface area contributed by atoms with Crippen molar-refractivity contribution < 1.29 is 0 Å². The maximum absolute atomic E-state index is 4.45. The van der Waals surface area contributed by atoms with Gasteiger partial charge in [-0.3, -0.25) is 4.68 Å². The van der Waals surface area contributed by atoms with E-state index in [-0.39, 0.29) is 0 Å². The molecule has 0 saturated heterocycles. The Morgan fingerprint density at radius 1 is 1.44 bits per heavy atom.